The molecule has 27 heavy (non-hydrogen) atoms. The summed E-state index contributed by atoms with van der Waals surface area (Å²) in [5, 5.41) is 17.4. The van der Waals surface area contributed by atoms with Crippen LogP contribution in [0.15, 0.2) is 55.1 Å². The molecule has 2 N–H and O–H groups in total. The van der Waals surface area contributed by atoms with Gasteiger partial charge in [-0.3, -0.25) is 4.68 Å². The van der Waals surface area contributed by atoms with Gasteiger partial charge >= 0.3 is 0 Å². The Morgan fingerprint density at radius 2 is 2.04 bits per heavy atom. The zero-order chi connectivity index (χ0) is 18.6. The standard InChI is InChI=1S/C19H18N6O2/c1-27-18-9-16(4-5-20-18)23-19-21-10-14-3-2-13(8-17(14)24-19)15-11-22-25(12-15)6-7-26/h2-5,8-12,26H,6-7H2,1H3,(H,20,21,23,24). The van der Waals surface area contributed by atoms with Crippen LogP contribution in [0.3, 0.4) is 0 Å². The number of nitrogens with one attached hydrogen (secondary N) is 1. The second kappa shape index (κ2) is 7.38. The fourth-order valence-corrected chi connectivity index (χ4v) is 2.73. The number of hydrogen-bond donors (Lipinski definition) is 2. The van der Waals surface area contributed by atoms with Crippen LogP contribution in [0.2, 0.25) is 0 Å². The molecule has 0 fully saturated rings. The van der Waals surface area contributed by atoms with E-state index >= 15 is 0 Å². The van der Waals surface area contributed by atoms with Crippen molar-refractivity contribution in [1.82, 2.24) is 24.7 Å². The van der Waals surface area contributed by atoms with Crippen LogP contribution in [0.5, 0.6) is 5.88 Å². The maximum absolute atomic E-state index is 9.03. The van der Waals surface area contributed by atoms with Crippen LogP contribution in [0.1, 0.15) is 0 Å². The minimum absolute atomic E-state index is 0.0564. The molecular formula is C19H18N6O2. The van der Waals surface area contributed by atoms with Gasteiger partial charge in [-0.15, -0.1) is 0 Å². The molecule has 0 aliphatic carbocycles. The van der Waals surface area contributed by atoms with Crippen LogP contribution in [-0.4, -0.2) is 43.6 Å². The van der Waals surface area contributed by atoms with Crippen molar-refractivity contribution in [3.05, 3.63) is 55.1 Å². The molecule has 0 aliphatic rings. The Morgan fingerprint density at radius 3 is 2.89 bits per heavy atom. The quantitative estimate of drug-likeness (QED) is 0.544. The van der Waals surface area contributed by atoms with Crippen LogP contribution in [0.25, 0.3) is 22.0 Å². The Hall–Kier alpha value is -3.52. The van der Waals surface area contributed by atoms with Gasteiger partial charge in [-0.1, -0.05) is 12.1 Å². The summed E-state index contributed by atoms with van der Waals surface area (Å²) in [5.41, 5.74) is 3.59. The van der Waals surface area contributed by atoms with E-state index in [9.17, 15) is 0 Å². The highest BCUT2D eigenvalue weighted by Gasteiger charge is 2.06. The lowest BCUT2D eigenvalue weighted by Gasteiger charge is -2.07. The number of benzene rings is 1. The van der Waals surface area contributed by atoms with Gasteiger partial charge in [0.1, 0.15) is 0 Å². The van der Waals surface area contributed by atoms with Gasteiger partial charge in [-0.2, -0.15) is 5.10 Å². The van der Waals surface area contributed by atoms with E-state index in [0.717, 1.165) is 27.7 Å². The molecule has 0 aliphatic heterocycles. The van der Waals surface area contributed by atoms with Crippen molar-refractivity contribution in [3.8, 4) is 17.0 Å². The first-order valence-corrected chi connectivity index (χ1v) is 8.43. The first-order chi connectivity index (χ1) is 13.2. The molecule has 0 atom stereocenters. The van der Waals surface area contributed by atoms with Crippen molar-refractivity contribution >= 4 is 22.5 Å². The van der Waals surface area contributed by atoms with E-state index in [4.69, 9.17) is 9.84 Å². The van der Waals surface area contributed by atoms with Gasteiger partial charge < -0.3 is 15.2 Å². The Labute approximate surface area is 155 Å². The van der Waals surface area contributed by atoms with Gasteiger partial charge in [-0.05, 0) is 17.7 Å². The largest absolute Gasteiger partial charge is 0.481 e. The average molecular weight is 362 g/mol. The Balaban J connectivity index is 1.64. The van der Waals surface area contributed by atoms with Gasteiger partial charge in [0.25, 0.3) is 0 Å². The lowest BCUT2D eigenvalue weighted by Crippen LogP contribution is -2.01. The number of nitrogens with zero attached hydrogens (tertiary/aromatic N) is 5. The summed E-state index contributed by atoms with van der Waals surface area (Å²) < 4.78 is 6.84. The maximum atomic E-state index is 9.03. The van der Waals surface area contributed by atoms with E-state index in [0.29, 0.717) is 18.4 Å². The molecule has 0 unspecified atom stereocenters. The zero-order valence-corrected chi connectivity index (χ0v) is 14.7. The van der Waals surface area contributed by atoms with Gasteiger partial charge in [0.15, 0.2) is 0 Å². The Kier molecular flexibility index (Phi) is 4.63. The lowest BCUT2D eigenvalue weighted by molar-refractivity contribution is 0.269. The van der Waals surface area contributed by atoms with Crippen LogP contribution < -0.4 is 10.1 Å². The molecule has 0 radical (unpaired) electrons. The van der Waals surface area contributed by atoms with E-state index in [-0.39, 0.29) is 6.61 Å². The third-order valence-electron chi connectivity index (χ3n) is 4.08. The van der Waals surface area contributed by atoms with E-state index in [1.807, 2.05) is 30.5 Å². The number of methoxy groups -OCH3 is 1. The van der Waals surface area contributed by atoms with Gasteiger partial charge in [-0.25, -0.2) is 15.0 Å². The summed E-state index contributed by atoms with van der Waals surface area (Å²) in [7, 11) is 1.57. The van der Waals surface area contributed by atoms with E-state index in [1.54, 1.807) is 36.4 Å². The molecule has 8 heteroatoms. The van der Waals surface area contributed by atoms with Crippen molar-refractivity contribution in [3.63, 3.8) is 0 Å². The molecule has 8 nitrogen and oxygen atoms in total. The third kappa shape index (κ3) is 3.70. The number of rotatable bonds is 6. The molecule has 136 valence electrons. The molecule has 4 aromatic rings. The summed E-state index contributed by atoms with van der Waals surface area (Å²) >= 11 is 0. The highest BCUT2D eigenvalue weighted by Crippen LogP contribution is 2.24. The number of fused-ring (bicyclic) bond motifs is 1. The smallest absolute Gasteiger partial charge is 0.227 e. The van der Waals surface area contributed by atoms with Crippen molar-refractivity contribution in [2.24, 2.45) is 0 Å². The second-order valence-corrected chi connectivity index (χ2v) is 5.89. The molecular weight excluding hydrogens is 344 g/mol. The van der Waals surface area contributed by atoms with Crippen molar-refractivity contribution < 1.29 is 9.84 Å². The van der Waals surface area contributed by atoms with E-state index in [1.165, 1.54) is 0 Å². The predicted octanol–water partition coefficient (Wildman–Crippen LogP) is 2.63. The highest BCUT2D eigenvalue weighted by atomic mass is 16.5. The fraction of sp³-hybridized carbons (Fsp3) is 0.158. The molecule has 0 saturated carbocycles. The molecule has 3 aromatic heterocycles. The van der Waals surface area contributed by atoms with Crippen molar-refractivity contribution in [1.29, 1.82) is 0 Å². The van der Waals surface area contributed by atoms with Crippen LogP contribution in [0.4, 0.5) is 11.6 Å². The Morgan fingerprint density at radius 1 is 1.11 bits per heavy atom. The van der Waals surface area contributed by atoms with Crippen LogP contribution in [-0.2, 0) is 6.54 Å². The molecule has 0 spiro atoms. The van der Waals surface area contributed by atoms with Crippen LogP contribution in [0, 0.1) is 0 Å². The van der Waals surface area contributed by atoms with Gasteiger partial charge in [0.05, 0.1) is 32.0 Å². The molecule has 0 bridgehead atoms. The fourth-order valence-electron chi connectivity index (χ4n) is 2.73. The van der Waals surface area contributed by atoms with E-state index < -0.39 is 0 Å². The second-order valence-electron chi connectivity index (χ2n) is 5.89. The van der Waals surface area contributed by atoms with Gasteiger partial charge in [0.2, 0.25) is 11.8 Å². The molecule has 0 amide bonds. The number of hydrogen-bond acceptors (Lipinski definition) is 7. The number of aromatic nitrogens is 5. The summed E-state index contributed by atoms with van der Waals surface area (Å²) in [5.74, 6) is 1.01. The number of ether oxygens (including phenoxy) is 1. The molecule has 1 aromatic carbocycles. The lowest BCUT2D eigenvalue weighted by atomic mass is 10.1. The highest BCUT2D eigenvalue weighted by molar-refractivity contribution is 5.84. The summed E-state index contributed by atoms with van der Waals surface area (Å²) in [6.45, 7) is 0.528. The first-order valence-electron chi connectivity index (χ1n) is 8.43. The minimum atomic E-state index is 0.0564. The van der Waals surface area contributed by atoms with Crippen molar-refractivity contribution in [2.75, 3.05) is 19.0 Å². The number of aliphatic hydroxyl groups excluding tert-OH is 1. The maximum Gasteiger partial charge on any atom is 0.227 e. The van der Waals surface area contributed by atoms with Crippen LogP contribution >= 0.6 is 0 Å². The average Bonchev–Trinajstić information content (AvgIpc) is 3.16. The molecule has 3 heterocycles. The molecule has 0 saturated heterocycles. The van der Waals surface area contributed by atoms with E-state index in [2.05, 4.69) is 25.4 Å². The summed E-state index contributed by atoms with van der Waals surface area (Å²) in [6, 6.07) is 9.58. The normalized spacial score (nSPS) is 10.9. The summed E-state index contributed by atoms with van der Waals surface area (Å²) in [6.07, 6.45) is 7.12. The monoisotopic (exact) mass is 362 g/mol. The van der Waals surface area contributed by atoms with Gasteiger partial charge in [0, 0.05) is 41.3 Å². The zero-order valence-electron chi connectivity index (χ0n) is 14.7. The first kappa shape index (κ1) is 16.9. The summed E-state index contributed by atoms with van der Waals surface area (Å²) in [4.78, 5) is 13.0. The van der Waals surface area contributed by atoms with Crippen molar-refractivity contribution in [2.45, 2.75) is 6.54 Å². The number of aliphatic hydroxyl groups is 1. The predicted molar refractivity (Wildman–Crippen MR) is 102 cm³/mol. The topological polar surface area (TPSA) is 98.0 Å². The number of anilines is 2. The molecule has 4 rings (SSSR count). The Bertz CT molecular complexity index is 1080. The third-order valence-corrected chi connectivity index (χ3v) is 4.08. The minimum Gasteiger partial charge on any atom is -0.481 e. The SMILES string of the molecule is COc1cc(Nc2ncc3ccc(-c4cnn(CCO)c4)cc3n2)ccn1. The number of pyridine rings is 1.